The highest BCUT2D eigenvalue weighted by molar-refractivity contribution is 6.33. The van der Waals surface area contributed by atoms with Crippen LogP contribution >= 0.6 is 11.6 Å². The van der Waals surface area contributed by atoms with Gasteiger partial charge in [0.15, 0.2) is 5.78 Å². The fourth-order valence-electron chi connectivity index (χ4n) is 1.21. The Balaban J connectivity index is 2.73. The zero-order valence-electron chi connectivity index (χ0n) is 8.46. The van der Waals surface area contributed by atoms with Crippen LogP contribution in [0.5, 0.6) is 0 Å². The van der Waals surface area contributed by atoms with E-state index in [0.29, 0.717) is 23.8 Å². The predicted octanol–water partition coefficient (Wildman–Crippen LogP) is 0.962. The van der Waals surface area contributed by atoms with E-state index in [1.165, 1.54) is 6.20 Å². The van der Waals surface area contributed by atoms with Crippen LogP contribution < -0.4 is 5.32 Å². The molecule has 0 spiro atoms. The van der Waals surface area contributed by atoms with Crippen molar-refractivity contribution in [2.24, 2.45) is 0 Å². The maximum atomic E-state index is 11.7. The van der Waals surface area contributed by atoms with Crippen LogP contribution in [0, 0.1) is 12.3 Å². The van der Waals surface area contributed by atoms with Gasteiger partial charge in [-0.1, -0.05) is 17.5 Å². The lowest BCUT2D eigenvalue weighted by Crippen LogP contribution is -2.25. The van der Waals surface area contributed by atoms with E-state index in [0.717, 1.165) is 0 Å². The number of Topliss-reactive ketones (excluding diaryl/α,β-unsaturated/α-hetero) is 1. The minimum Gasteiger partial charge on any atom is -0.299 e. The van der Waals surface area contributed by atoms with E-state index >= 15 is 0 Å². The van der Waals surface area contributed by atoms with Gasteiger partial charge in [-0.15, -0.1) is 6.42 Å². The Morgan fingerprint density at radius 1 is 1.80 bits per heavy atom. The molecule has 1 aromatic heterocycles. The van der Waals surface area contributed by atoms with E-state index in [9.17, 15) is 4.79 Å². The minimum atomic E-state index is -0.102. The van der Waals surface area contributed by atoms with E-state index in [2.05, 4.69) is 16.3 Å². The van der Waals surface area contributed by atoms with Crippen molar-refractivity contribution in [3.05, 3.63) is 16.9 Å². The zero-order chi connectivity index (χ0) is 11.3. The first-order valence-corrected chi connectivity index (χ1v) is 4.97. The molecule has 1 rings (SSSR count). The number of nitrogens with one attached hydrogen (secondary N) is 1. The van der Waals surface area contributed by atoms with Crippen LogP contribution in [-0.4, -0.2) is 28.7 Å². The maximum Gasteiger partial charge on any atom is 0.196 e. The average Bonchev–Trinajstić information content (AvgIpc) is 2.59. The van der Waals surface area contributed by atoms with Crippen LogP contribution in [0.2, 0.25) is 5.02 Å². The van der Waals surface area contributed by atoms with E-state index in [1.54, 1.807) is 4.68 Å². The molecule has 0 fully saturated rings. The van der Waals surface area contributed by atoms with Gasteiger partial charge < -0.3 is 0 Å². The fraction of sp³-hybridized carbons (Fsp3) is 0.400. The van der Waals surface area contributed by atoms with Gasteiger partial charge in [0, 0.05) is 6.54 Å². The molecular weight excluding hydrogens is 214 g/mol. The summed E-state index contributed by atoms with van der Waals surface area (Å²) < 4.78 is 1.57. The molecule has 0 radical (unpaired) electrons. The van der Waals surface area contributed by atoms with Crippen LogP contribution in [0.1, 0.15) is 17.4 Å². The lowest BCUT2D eigenvalue weighted by molar-refractivity contribution is 0.0982. The van der Waals surface area contributed by atoms with Crippen molar-refractivity contribution in [1.82, 2.24) is 15.1 Å². The molecule has 0 unspecified atom stereocenters. The van der Waals surface area contributed by atoms with Crippen molar-refractivity contribution < 1.29 is 4.79 Å². The molecule has 0 aliphatic carbocycles. The second-order valence-corrected chi connectivity index (χ2v) is 3.29. The lowest BCUT2D eigenvalue weighted by atomic mass is 10.3. The Morgan fingerprint density at radius 2 is 2.53 bits per heavy atom. The van der Waals surface area contributed by atoms with Crippen LogP contribution in [0.15, 0.2) is 6.20 Å². The molecule has 0 aliphatic rings. The molecule has 0 bridgehead atoms. The third-order valence-electron chi connectivity index (χ3n) is 1.87. The Kier molecular flexibility index (Phi) is 4.35. The topological polar surface area (TPSA) is 46.9 Å². The standard InChI is InChI=1S/C10H12ClN3O/c1-3-5-12-7-9(15)10-8(11)6-13-14(10)4-2/h1,6,12H,4-5,7H2,2H3. The molecule has 0 saturated heterocycles. The van der Waals surface area contributed by atoms with E-state index in [1.807, 2.05) is 6.92 Å². The predicted molar refractivity (Wildman–Crippen MR) is 58.9 cm³/mol. The molecule has 1 heterocycles. The number of terminal acetylenes is 1. The molecule has 5 heteroatoms. The monoisotopic (exact) mass is 225 g/mol. The number of hydrogen-bond donors (Lipinski definition) is 1. The largest absolute Gasteiger partial charge is 0.299 e. The first-order valence-electron chi connectivity index (χ1n) is 4.59. The Hall–Kier alpha value is -1.31. The molecular formula is C10H12ClN3O. The van der Waals surface area contributed by atoms with Crippen LogP contribution in [0.25, 0.3) is 0 Å². The Bertz CT molecular complexity index is 392. The molecule has 80 valence electrons. The van der Waals surface area contributed by atoms with Gasteiger partial charge in [-0.05, 0) is 6.92 Å². The summed E-state index contributed by atoms with van der Waals surface area (Å²) in [6.07, 6.45) is 6.52. The first kappa shape index (κ1) is 11.8. The van der Waals surface area contributed by atoms with Gasteiger partial charge in [0.25, 0.3) is 0 Å². The van der Waals surface area contributed by atoms with Gasteiger partial charge in [0.1, 0.15) is 5.69 Å². The van der Waals surface area contributed by atoms with Gasteiger partial charge in [0.2, 0.25) is 0 Å². The number of ketones is 1. The highest BCUT2D eigenvalue weighted by atomic mass is 35.5. The number of aryl methyl sites for hydroxylation is 1. The summed E-state index contributed by atoms with van der Waals surface area (Å²) in [6.45, 7) is 3.05. The molecule has 0 saturated carbocycles. The molecule has 15 heavy (non-hydrogen) atoms. The SMILES string of the molecule is C#CCNCC(=O)c1c(Cl)cnn1CC. The Morgan fingerprint density at radius 3 is 3.13 bits per heavy atom. The summed E-state index contributed by atoms with van der Waals surface area (Å²) in [7, 11) is 0. The molecule has 0 aliphatic heterocycles. The second-order valence-electron chi connectivity index (χ2n) is 2.89. The summed E-state index contributed by atoms with van der Waals surface area (Å²) in [5.74, 6) is 2.29. The van der Waals surface area contributed by atoms with Crippen molar-refractivity contribution in [3.63, 3.8) is 0 Å². The number of carbonyl (C=O) groups excluding carboxylic acids is 1. The quantitative estimate of drug-likeness (QED) is 0.461. The second kappa shape index (κ2) is 5.54. The summed E-state index contributed by atoms with van der Waals surface area (Å²) in [5, 5.41) is 7.17. The van der Waals surface area contributed by atoms with Crippen LogP contribution in [0.4, 0.5) is 0 Å². The maximum absolute atomic E-state index is 11.7. The molecule has 0 atom stereocenters. The van der Waals surface area contributed by atoms with Gasteiger partial charge in [0.05, 0.1) is 24.3 Å². The summed E-state index contributed by atoms with van der Waals surface area (Å²) in [6, 6.07) is 0. The fourth-order valence-corrected chi connectivity index (χ4v) is 1.46. The average molecular weight is 226 g/mol. The minimum absolute atomic E-state index is 0.102. The van der Waals surface area contributed by atoms with Gasteiger partial charge >= 0.3 is 0 Å². The van der Waals surface area contributed by atoms with E-state index in [4.69, 9.17) is 18.0 Å². The summed E-state index contributed by atoms with van der Waals surface area (Å²) >= 11 is 5.86. The highest BCUT2D eigenvalue weighted by Crippen LogP contribution is 2.15. The molecule has 4 nitrogen and oxygen atoms in total. The van der Waals surface area contributed by atoms with Crippen molar-refractivity contribution in [1.29, 1.82) is 0 Å². The van der Waals surface area contributed by atoms with Gasteiger partial charge in [-0.2, -0.15) is 5.10 Å². The number of nitrogens with zero attached hydrogens (tertiary/aromatic N) is 2. The van der Waals surface area contributed by atoms with Gasteiger partial charge in [-0.25, -0.2) is 0 Å². The molecule has 1 aromatic rings. The van der Waals surface area contributed by atoms with Crippen LogP contribution in [-0.2, 0) is 6.54 Å². The first-order chi connectivity index (χ1) is 7.20. The molecule has 0 aromatic carbocycles. The van der Waals surface area contributed by atoms with E-state index < -0.39 is 0 Å². The number of hydrogen-bond acceptors (Lipinski definition) is 3. The summed E-state index contributed by atoms with van der Waals surface area (Å²) in [5.41, 5.74) is 0.434. The number of carbonyl (C=O) groups is 1. The van der Waals surface area contributed by atoms with E-state index in [-0.39, 0.29) is 12.3 Å². The van der Waals surface area contributed by atoms with Gasteiger partial charge in [-0.3, -0.25) is 14.8 Å². The van der Waals surface area contributed by atoms with Crippen LogP contribution in [0.3, 0.4) is 0 Å². The number of aromatic nitrogens is 2. The Labute approximate surface area is 93.6 Å². The normalized spacial score (nSPS) is 9.93. The zero-order valence-corrected chi connectivity index (χ0v) is 9.21. The van der Waals surface area contributed by atoms with Crippen molar-refractivity contribution >= 4 is 17.4 Å². The third kappa shape index (κ3) is 2.82. The van der Waals surface area contributed by atoms with Crippen molar-refractivity contribution in [2.45, 2.75) is 13.5 Å². The number of halogens is 1. The molecule has 0 amide bonds. The van der Waals surface area contributed by atoms with Crippen molar-refractivity contribution in [2.75, 3.05) is 13.1 Å². The van der Waals surface area contributed by atoms with Crippen molar-refractivity contribution in [3.8, 4) is 12.3 Å². The smallest absolute Gasteiger partial charge is 0.196 e. The summed E-state index contributed by atoms with van der Waals surface area (Å²) in [4.78, 5) is 11.7. The third-order valence-corrected chi connectivity index (χ3v) is 2.15. The highest BCUT2D eigenvalue weighted by Gasteiger charge is 2.15. The molecule has 1 N–H and O–H groups in total. The lowest BCUT2D eigenvalue weighted by Gasteiger charge is -2.04. The number of rotatable bonds is 5.